The maximum Gasteiger partial charge on any atom is 0.272 e. The van der Waals surface area contributed by atoms with Gasteiger partial charge in [0, 0.05) is 17.2 Å². The largest absolute Gasteiger partial charge is 0.272 e. The van der Waals surface area contributed by atoms with E-state index in [0.29, 0.717) is 11.3 Å². The highest BCUT2D eigenvalue weighted by atomic mass is 16.6. The summed E-state index contributed by atoms with van der Waals surface area (Å²) in [6.07, 6.45) is 1.48. The monoisotopic (exact) mass is 365 g/mol. The molecule has 3 aromatic rings. The zero-order valence-corrected chi connectivity index (χ0v) is 14.5. The van der Waals surface area contributed by atoms with Gasteiger partial charge >= 0.3 is 0 Å². The number of hydrogen-bond acceptors (Lipinski definition) is 7. The topological polar surface area (TPSA) is 128 Å². The maximum absolute atomic E-state index is 12.2. The molecule has 1 aromatic heterocycles. The molecule has 0 unspecified atom stereocenters. The maximum atomic E-state index is 12.2. The van der Waals surface area contributed by atoms with Gasteiger partial charge in [0.25, 0.3) is 11.6 Å². The molecule has 1 heterocycles. The lowest BCUT2D eigenvalue weighted by Crippen LogP contribution is -2.19. The molecule has 0 aliphatic rings. The van der Waals surface area contributed by atoms with Crippen LogP contribution in [0.1, 0.15) is 28.4 Å². The second-order valence-electron chi connectivity index (χ2n) is 5.70. The Kier molecular flexibility index (Phi) is 4.97. The summed E-state index contributed by atoms with van der Waals surface area (Å²) < 4.78 is 1.51. The molecule has 0 aliphatic carbocycles. The minimum atomic E-state index is -0.489. The third-order valence-corrected chi connectivity index (χ3v) is 3.86. The highest BCUT2D eigenvalue weighted by Crippen LogP contribution is 2.18. The number of aryl methyl sites for hydroxylation is 1. The second-order valence-corrected chi connectivity index (χ2v) is 5.70. The van der Waals surface area contributed by atoms with E-state index in [1.54, 1.807) is 13.8 Å². The van der Waals surface area contributed by atoms with Crippen LogP contribution in [0.5, 0.6) is 0 Å². The average molecular weight is 365 g/mol. The lowest BCUT2D eigenvalue weighted by atomic mass is 10.1. The van der Waals surface area contributed by atoms with Crippen LogP contribution in [0.3, 0.4) is 0 Å². The van der Waals surface area contributed by atoms with Gasteiger partial charge in [-0.2, -0.15) is 5.10 Å². The molecule has 1 amide bonds. The number of aromatic nitrogens is 4. The highest BCUT2D eigenvalue weighted by Gasteiger charge is 2.13. The van der Waals surface area contributed by atoms with Gasteiger partial charge in [-0.3, -0.25) is 14.9 Å². The Morgan fingerprint density at radius 3 is 2.70 bits per heavy atom. The lowest BCUT2D eigenvalue weighted by molar-refractivity contribution is -0.385. The Bertz CT molecular complexity index is 1030. The number of carbonyl (C=O) groups is 1. The van der Waals surface area contributed by atoms with Crippen molar-refractivity contribution in [3.63, 3.8) is 0 Å². The van der Waals surface area contributed by atoms with Crippen molar-refractivity contribution in [2.75, 3.05) is 0 Å². The minimum absolute atomic E-state index is 0.0364. The van der Waals surface area contributed by atoms with Crippen LogP contribution in [0.2, 0.25) is 0 Å². The molecule has 1 N–H and O–H groups in total. The minimum Gasteiger partial charge on any atom is -0.267 e. The van der Waals surface area contributed by atoms with Crippen molar-refractivity contribution in [2.24, 2.45) is 5.10 Å². The lowest BCUT2D eigenvalue weighted by Gasteiger charge is -2.06. The number of nitrogens with one attached hydrogen (secondary N) is 1. The van der Waals surface area contributed by atoms with Gasteiger partial charge in [-0.1, -0.05) is 12.1 Å². The molecule has 10 heteroatoms. The normalized spacial score (nSPS) is 11.3. The van der Waals surface area contributed by atoms with Crippen molar-refractivity contribution < 1.29 is 9.72 Å². The van der Waals surface area contributed by atoms with Gasteiger partial charge in [-0.15, -0.1) is 5.10 Å². The van der Waals surface area contributed by atoms with E-state index in [1.165, 1.54) is 29.2 Å². The summed E-state index contributed by atoms with van der Waals surface area (Å²) in [5.74, 6) is -0.455. The summed E-state index contributed by atoms with van der Waals surface area (Å²) in [6, 6.07) is 11.5. The number of hydrazone groups is 1. The molecular weight excluding hydrogens is 350 g/mol. The van der Waals surface area contributed by atoms with Crippen LogP contribution in [0.15, 0.2) is 53.9 Å². The number of hydrogen-bond donors (Lipinski definition) is 1. The number of nitro groups is 1. The smallest absolute Gasteiger partial charge is 0.267 e. The summed E-state index contributed by atoms with van der Waals surface area (Å²) in [5.41, 5.74) is 5.23. The Morgan fingerprint density at radius 2 is 2.04 bits per heavy atom. The van der Waals surface area contributed by atoms with E-state index in [4.69, 9.17) is 0 Å². The quantitative estimate of drug-likeness (QED) is 0.418. The van der Waals surface area contributed by atoms with Gasteiger partial charge in [0.15, 0.2) is 0 Å². The van der Waals surface area contributed by atoms with E-state index in [1.807, 2.05) is 24.3 Å². The van der Waals surface area contributed by atoms with Gasteiger partial charge in [-0.05, 0) is 54.1 Å². The molecule has 0 atom stereocenters. The van der Waals surface area contributed by atoms with Crippen molar-refractivity contribution in [1.82, 2.24) is 25.6 Å². The van der Waals surface area contributed by atoms with Crippen molar-refractivity contribution in [3.8, 4) is 5.69 Å². The van der Waals surface area contributed by atoms with Gasteiger partial charge in [0.1, 0.15) is 6.33 Å². The molecular formula is C17H15N7O3. The Labute approximate surface area is 153 Å². The van der Waals surface area contributed by atoms with Crippen molar-refractivity contribution in [3.05, 3.63) is 75.6 Å². The first-order chi connectivity index (χ1) is 13.0. The molecule has 0 saturated carbocycles. The number of benzene rings is 2. The molecule has 27 heavy (non-hydrogen) atoms. The molecule has 2 aromatic carbocycles. The molecule has 3 rings (SSSR count). The second kappa shape index (κ2) is 7.52. The van der Waals surface area contributed by atoms with E-state index in [9.17, 15) is 14.9 Å². The van der Waals surface area contributed by atoms with Crippen LogP contribution in [0, 0.1) is 17.0 Å². The van der Waals surface area contributed by atoms with Crippen molar-refractivity contribution >= 4 is 17.3 Å². The molecule has 0 aliphatic heterocycles. The predicted octanol–water partition coefficient (Wildman–Crippen LogP) is 2.03. The zero-order valence-electron chi connectivity index (χ0n) is 14.5. The first-order valence-corrected chi connectivity index (χ1v) is 7.89. The third-order valence-electron chi connectivity index (χ3n) is 3.86. The highest BCUT2D eigenvalue weighted by molar-refractivity contribution is 6.01. The number of carbonyl (C=O) groups excluding carboxylic acids is 1. The molecule has 0 saturated heterocycles. The summed E-state index contributed by atoms with van der Waals surface area (Å²) >= 11 is 0. The van der Waals surface area contributed by atoms with Crippen molar-refractivity contribution in [1.29, 1.82) is 0 Å². The molecule has 0 bridgehead atoms. The average Bonchev–Trinajstić information content (AvgIpc) is 3.20. The molecule has 0 fully saturated rings. The van der Waals surface area contributed by atoms with Gasteiger partial charge in [0.05, 0.1) is 16.3 Å². The fourth-order valence-corrected chi connectivity index (χ4v) is 2.42. The van der Waals surface area contributed by atoms with E-state index < -0.39 is 10.8 Å². The van der Waals surface area contributed by atoms with Gasteiger partial charge in [0.2, 0.25) is 0 Å². The summed E-state index contributed by atoms with van der Waals surface area (Å²) in [5, 5.41) is 26.0. The zero-order chi connectivity index (χ0) is 19.4. The van der Waals surface area contributed by atoms with E-state index >= 15 is 0 Å². The number of nitrogens with zero attached hydrogens (tertiary/aromatic N) is 6. The number of nitro benzene ring substituents is 1. The Hall–Kier alpha value is -3.95. The summed E-state index contributed by atoms with van der Waals surface area (Å²) in [6.45, 7) is 3.33. The van der Waals surface area contributed by atoms with Crippen LogP contribution in [0.4, 0.5) is 5.69 Å². The van der Waals surface area contributed by atoms with Crippen LogP contribution in [0.25, 0.3) is 5.69 Å². The number of amides is 1. The fourth-order valence-electron chi connectivity index (χ4n) is 2.42. The van der Waals surface area contributed by atoms with Crippen LogP contribution in [-0.4, -0.2) is 36.7 Å². The third kappa shape index (κ3) is 4.00. The van der Waals surface area contributed by atoms with E-state index in [2.05, 4.69) is 26.1 Å². The van der Waals surface area contributed by atoms with Crippen molar-refractivity contribution in [2.45, 2.75) is 13.8 Å². The molecule has 0 spiro atoms. The van der Waals surface area contributed by atoms with Gasteiger partial charge in [-0.25, -0.2) is 10.1 Å². The molecule has 0 radical (unpaired) electrons. The van der Waals surface area contributed by atoms with E-state index in [-0.39, 0.29) is 11.3 Å². The fraction of sp³-hybridized carbons (Fsp3) is 0.118. The number of rotatable bonds is 5. The molecule has 136 valence electrons. The Morgan fingerprint density at radius 1 is 1.22 bits per heavy atom. The summed E-state index contributed by atoms with van der Waals surface area (Å²) in [4.78, 5) is 22.6. The standard InChI is InChI=1S/C17H15N7O3/c1-11-8-14(6-7-16(11)24(26)27)17(25)20-19-12(2)13-4-3-5-15(9-13)23-10-18-21-22-23/h3-10H,1-2H3,(H,20,25). The van der Waals surface area contributed by atoms with E-state index in [0.717, 1.165) is 11.3 Å². The van der Waals surface area contributed by atoms with Crippen LogP contribution in [-0.2, 0) is 0 Å². The van der Waals surface area contributed by atoms with Crippen LogP contribution < -0.4 is 5.43 Å². The van der Waals surface area contributed by atoms with Gasteiger partial charge < -0.3 is 0 Å². The van der Waals surface area contributed by atoms with Crippen LogP contribution >= 0.6 is 0 Å². The first kappa shape index (κ1) is 17.9. The summed E-state index contributed by atoms with van der Waals surface area (Å²) in [7, 11) is 0. The first-order valence-electron chi connectivity index (χ1n) is 7.89. The number of tetrazole rings is 1. The Balaban J connectivity index is 1.76. The molecule has 10 nitrogen and oxygen atoms in total. The predicted molar refractivity (Wildman–Crippen MR) is 96.7 cm³/mol. The SMILES string of the molecule is CC(=NNC(=O)c1ccc([N+](=O)[O-])c(C)c1)c1cccc(-n2cnnn2)c1.